The van der Waals surface area contributed by atoms with E-state index >= 15 is 0 Å². The van der Waals surface area contributed by atoms with Gasteiger partial charge >= 0.3 is 0 Å². The molecule has 1 aromatic carbocycles. The van der Waals surface area contributed by atoms with Gasteiger partial charge < -0.3 is 9.47 Å². The standard InChI is InChI=1S/C19H20O2/c1-18(8-4-10-20-18)15-12-14-6-3-7-17(16(14)13-15)19(2)9-5-11-21-19/h3-7,10-11,13H,8-9,12H2,1-2H3. The summed E-state index contributed by atoms with van der Waals surface area (Å²) >= 11 is 0. The van der Waals surface area contributed by atoms with Gasteiger partial charge in [-0.05, 0) is 49.1 Å². The van der Waals surface area contributed by atoms with Gasteiger partial charge in [-0.3, -0.25) is 0 Å². The first kappa shape index (κ1) is 12.8. The fourth-order valence-corrected chi connectivity index (χ4v) is 3.59. The molecule has 0 fully saturated rings. The maximum atomic E-state index is 5.88. The lowest BCUT2D eigenvalue weighted by Gasteiger charge is -2.26. The molecule has 0 bridgehead atoms. The molecule has 0 spiro atoms. The number of rotatable bonds is 2. The monoisotopic (exact) mass is 280 g/mol. The predicted octanol–water partition coefficient (Wildman–Crippen LogP) is 4.47. The van der Waals surface area contributed by atoms with Gasteiger partial charge in [-0.15, -0.1) is 0 Å². The summed E-state index contributed by atoms with van der Waals surface area (Å²) in [6, 6.07) is 6.56. The van der Waals surface area contributed by atoms with Crippen LogP contribution in [0.1, 0.15) is 43.4 Å². The lowest BCUT2D eigenvalue weighted by atomic mass is 9.88. The van der Waals surface area contributed by atoms with Crippen molar-refractivity contribution in [2.45, 2.75) is 44.3 Å². The van der Waals surface area contributed by atoms with Crippen molar-refractivity contribution in [2.75, 3.05) is 0 Å². The molecular weight excluding hydrogens is 260 g/mol. The Morgan fingerprint density at radius 3 is 2.33 bits per heavy atom. The average Bonchev–Trinajstić information content (AvgIpc) is 3.17. The molecule has 108 valence electrons. The molecule has 2 heteroatoms. The fraction of sp³-hybridized carbons (Fsp3) is 0.368. The van der Waals surface area contributed by atoms with Crippen LogP contribution in [-0.2, 0) is 21.5 Å². The van der Waals surface area contributed by atoms with Gasteiger partial charge in [0, 0.05) is 18.4 Å². The molecule has 2 nitrogen and oxygen atoms in total. The highest BCUT2D eigenvalue weighted by molar-refractivity contribution is 5.69. The van der Waals surface area contributed by atoms with Gasteiger partial charge in [-0.2, -0.15) is 0 Å². The first-order chi connectivity index (χ1) is 10.1. The minimum Gasteiger partial charge on any atom is -0.491 e. The second kappa shape index (κ2) is 4.27. The SMILES string of the molecule is CC1(C2=Cc3c(cccc3C3(C)CC=CO3)C2)CC=CO1. The molecule has 0 radical (unpaired) electrons. The number of fused-ring (bicyclic) bond motifs is 1. The quantitative estimate of drug-likeness (QED) is 0.796. The van der Waals surface area contributed by atoms with Crippen LogP contribution in [0.4, 0.5) is 0 Å². The number of hydrogen-bond acceptors (Lipinski definition) is 2. The Morgan fingerprint density at radius 2 is 1.67 bits per heavy atom. The molecule has 21 heavy (non-hydrogen) atoms. The highest BCUT2D eigenvalue weighted by atomic mass is 16.5. The van der Waals surface area contributed by atoms with Gasteiger partial charge in [0.25, 0.3) is 0 Å². The normalized spacial score (nSPS) is 32.8. The van der Waals surface area contributed by atoms with Crippen LogP contribution >= 0.6 is 0 Å². The lowest BCUT2D eigenvalue weighted by Crippen LogP contribution is -2.25. The van der Waals surface area contributed by atoms with Crippen molar-refractivity contribution in [1.29, 1.82) is 0 Å². The van der Waals surface area contributed by atoms with Crippen molar-refractivity contribution in [2.24, 2.45) is 0 Å². The predicted molar refractivity (Wildman–Crippen MR) is 83.6 cm³/mol. The molecule has 2 heterocycles. The van der Waals surface area contributed by atoms with Gasteiger partial charge in [0.05, 0.1) is 12.5 Å². The second-order valence-corrected chi connectivity index (χ2v) is 6.57. The van der Waals surface area contributed by atoms with Crippen molar-refractivity contribution < 1.29 is 9.47 Å². The Kier molecular flexibility index (Phi) is 2.59. The van der Waals surface area contributed by atoms with Crippen LogP contribution in [0.25, 0.3) is 6.08 Å². The van der Waals surface area contributed by atoms with Crippen LogP contribution in [0.2, 0.25) is 0 Å². The summed E-state index contributed by atoms with van der Waals surface area (Å²) in [4.78, 5) is 0. The Balaban J connectivity index is 1.75. The Morgan fingerprint density at radius 1 is 0.952 bits per heavy atom. The lowest BCUT2D eigenvalue weighted by molar-refractivity contribution is 0.0607. The Hall–Kier alpha value is -1.96. The molecule has 0 N–H and O–H groups in total. The highest BCUT2D eigenvalue weighted by Gasteiger charge is 2.38. The summed E-state index contributed by atoms with van der Waals surface area (Å²) < 4.78 is 11.7. The smallest absolute Gasteiger partial charge is 0.134 e. The number of benzene rings is 1. The molecule has 1 aromatic rings. The van der Waals surface area contributed by atoms with Gasteiger partial charge in [0.15, 0.2) is 0 Å². The minimum absolute atomic E-state index is 0.175. The topological polar surface area (TPSA) is 18.5 Å². The summed E-state index contributed by atoms with van der Waals surface area (Å²) in [6.07, 6.45) is 13.1. The largest absolute Gasteiger partial charge is 0.491 e. The zero-order valence-corrected chi connectivity index (χ0v) is 12.6. The molecule has 1 aliphatic carbocycles. The van der Waals surface area contributed by atoms with E-state index in [-0.39, 0.29) is 11.2 Å². The van der Waals surface area contributed by atoms with Gasteiger partial charge in [0.1, 0.15) is 11.2 Å². The molecule has 2 unspecified atom stereocenters. The van der Waals surface area contributed by atoms with E-state index in [4.69, 9.17) is 9.47 Å². The third-order valence-corrected chi connectivity index (χ3v) is 5.01. The van der Waals surface area contributed by atoms with Crippen LogP contribution in [0.15, 0.2) is 48.4 Å². The van der Waals surface area contributed by atoms with Crippen molar-refractivity contribution in [3.8, 4) is 0 Å². The van der Waals surface area contributed by atoms with Crippen molar-refractivity contribution in [3.63, 3.8) is 0 Å². The highest BCUT2D eigenvalue weighted by Crippen LogP contribution is 2.44. The second-order valence-electron chi connectivity index (χ2n) is 6.57. The van der Waals surface area contributed by atoms with Crippen molar-refractivity contribution in [3.05, 3.63) is 65.1 Å². The fourth-order valence-electron chi connectivity index (χ4n) is 3.59. The van der Waals surface area contributed by atoms with E-state index in [0.717, 1.165) is 19.3 Å². The zero-order chi connectivity index (χ0) is 14.5. The van der Waals surface area contributed by atoms with Crippen LogP contribution < -0.4 is 0 Å². The summed E-state index contributed by atoms with van der Waals surface area (Å²) in [7, 11) is 0. The molecule has 0 amide bonds. The Bertz CT molecular complexity index is 663. The van der Waals surface area contributed by atoms with E-state index in [1.807, 2.05) is 12.5 Å². The van der Waals surface area contributed by atoms with Gasteiger partial charge in [-0.1, -0.05) is 24.3 Å². The summed E-state index contributed by atoms with van der Waals surface area (Å²) in [5.74, 6) is 0. The molecule has 3 aliphatic rings. The van der Waals surface area contributed by atoms with Crippen molar-refractivity contribution in [1.82, 2.24) is 0 Å². The third-order valence-electron chi connectivity index (χ3n) is 5.01. The average molecular weight is 280 g/mol. The molecule has 2 atom stereocenters. The van der Waals surface area contributed by atoms with Crippen LogP contribution in [-0.4, -0.2) is 5.60 Å². The molecule has 2 aliphatic heterocycles. The van der Waals surface area contributed by atoms with E-state index < -0.39 is 0 Å². The molecule has 0 aromatic heterocycles. The molecular formula is C19H20O2. The number of ether oxygens (including phenoxy) is 2. The van der Waals surface area contributed by atoms with Crippen molar-refractivity contribution >= 4 is 6.08 Å². The zero-order valence-electron chi connectivity index (χ0n) is 12.6. The summed E-state index contributed by atoms with van der Waals surface area (Å²) in [5, 5.41) is 0. The minimum atomic E-state index is -0.229. The van der Waals surface area contributed by atoms with Crippen LogP contribution in [0, 0.1) is 0 Å². The third kappa shape index (κ3) is 1.85. The van der Waals surface area contributed by atoms with E-state index in [1.54, 1.807) is 0 Å². The summed E-state index contributed by atoms with van der Waals surface area (Å²) in [5.41, 5.74) is 4.96. The first-order valence-corrected chi connectivity index (χ1v) is 7.60. The van der Waals surface area contributed by atoms with Gasteiger partial charge in [-0.25, -0.2) is 0 Å². The first-order valence-electron chi connectivity index (χ1n) is 7.60. The van der Waals surface area contributed by atoms with Crippen LogP contribution in [0.5, 0.6) is 0 Å². The van der Waals surface area contributed by atoms with E-state index in [0.29, 0.717) is 0 Å². The Labute approximate surface area is 125 Å². The van der Waals surface area contributed by atoms with E-state index in [1.165, 1.54) is 22.3 Å². The number of hydrogen-bond donors (Lipinski definition) is 0. The summed E-state index contributed by atoms with van der Waals surface area (Å²) in [6.45, 7) is 4.35. The van der Waals surface area contributed by atoms with Gasteiger partial charge in [0.2, 0.25) is 0 Å². The molecule has 4 rings (SSSR count). The maximum Gasteiger partial charge on any atom is 0.134 e. The molecule has 0 saturated carbocycles. The van der Waals surface area contributed by atoms with E-state index in [9.17, 15) is 0 Å². The van der Waals surface area contributed by atoms with Crippen LogP contribution in [0.3, 0.4) is 0 Å². The maximum absolute atomic E-state index is 5.88. The van der Waals surface area contributed by atoms with E-state index in [2.05, 4.69) is 50.3 Å². The molecule has 0 saturated heterocycles.